The summed E-state index contributed by atoms with van der Waals surface area (Å²) < 4.78 is 9.00. The summed E-state index contributed by atoms with van der Waals surface area (Å²) in [5.74, 6) is 1.50. The van der Waals surface area contributed by atoms with Crippen molar-refractivity contribution in [1.29, 1.82) is 0 Å². The summed E-state index contributed by atoms with van der Waals surface area (Å²) in [7, 11) is 0. The van der Waals surface area contributed by atoms with Crippen LogP contribution < -0.4 is 5.32 Å². The topological polar surface area (TPSA) is 49.9 Å². The molecule has 5 heteroatoms. The second-order valence-electron chi connectivity index (χ2n) is 14.4. The predicted octanol–water partition coefficient (Wildman–Crippen LogP) is 13.6. The summed E-state index contributed by atoms with van der Waals surface area (Å²) in [6.45, 7) is 0. The van der Waals surface area contributed by atoms with Crippen LogP contribution in [0.3, 0.4) is 0 Å². The summed E-state index contributed by atoms with van der Waals surface area (Å²) >= 11 is 1.79. The Labute approximate surface area is 325 Å². The van der Waals surface area contributed by atoms with Gasteiger partial charge in [-0.05, 0) is 67.2 Å². The van der Waals surface area contributed by atoms with E-state index in [-0.39, 0.29) is 6.17 Å². The smallest absolute Gasteiger partial charge is 0.160 e. The molecule has 2 aromatic heterocycles. The zero-order chi connectivity index (χ0) is 36.7. The Morgan fingerprint density at radius 1 is 0.500 bits per heavy atom. The molecule has 11 aromatic rings. The summed E-state index contributed by atoms with van der Waals surface area (Å²) in [6.07, 6.45) is -0.366. The molecule has 0 aliphatic carbocycles. The predicted molar refractivity (Wildman–Crippen MR) is 236 cm³/mol. The molecule has 1 aliphatic heterocycles. The first kappa shape index (κ1) is 31.3. The van der Waals surface area contributed by atoms with Gasteiger partial charge < -0.3 is 9.73 Å². The van der Waals surface area contributed by atoms with E-state index in [2.05, 4.69) is 175 Å². The number of furan rings is 1. The highest BCUT2D eigenvalue weighted by Crippen LogP contribution is 2.46. The molecule has 262 valence electrons. The Hall–Kier alpha value is -7.08. The van der Waals surface area contributed by atoms with E-state index in [0.29, 0.717) is 5.84 Å². The van der Waals surface area contributed by atoms with E-state index in [4.69, 9.17) is 14.4 Å². The van der Waals surface area contributed by atoms with Crippen LogP contribution in [-0.4, -0.2) is 11.7 Å². The van der Waals surface area contributed by atoms with Crippen LogP contribution in [0.1, 0.15) is 22.9 Å². The minimum atomic E-state index is -0.366. The number of rotatable bonds is 4. The third-order valence-corrected chi connectivity index (χ3v) is 12.5. The monoisotopic (exact) mass is 733 g/mol. The van der Waals surface area contributed by atoms with E-state index < -0.39 is 0 Å². The molecule has 0 amide bonds. The SMILES string of the molecule is c1ccc(C2N=C(c3c4ccccc4c(-c4cccc5ccccc45)c4ccccc34)N=C(c3cc4c5ccccc5oc4c4c3sc3ccccc34)N2)cc1. The Morgan fingerprint density at radius 3 is 1.88 bits per heavy atom. The number of amidine groups is 2. The molecule has 1 unspecified atom stereocenters. The quantitative estimate of drug-likeness (QED) is 0.183. The highest BCUT2D eigenvalue weighted by Gasteiger charge is 2.28. The van der Waals surface area contributed by atoms with Crippen LogP contribution in [0.15, 0.2) is 190 Å². The second kappa shape index (κ2) is 12.2. The molecule has 0 bridgehead atoms. The molecule has 3 heterocycles. The van der Waals surface area contributed by atoms with Crippen molar-refractivity contribution in [1.82, 2.24) is 5.32 Å². The Balaban J connectivity index is 1.18. The lowest BCUT2D eigenvalue weighted by Crippen LogP contribution is -2.33. The number of para-hydroxylation sites is 1. The number of nitrogens with one attached hydrogen (secondary N) is 1. The lowest BCUT2D eigenvalue weighted by atomic mass is 9.86. The average Bonchev–Trinajstić information content (AvgIpc) is 3.84. The van der Waals surface area contributed by atoms with Crippen molar-refractivity contribution >= 4 is 97.4 Å². The molecule has 0 radical (unpaired) electrons. The van der Waals surface area contributed by atoms with Crippen molar-refractivity contribution in [2.45, 2.75) is 6.17 Å². The van der Waals surface area contributed by atoms with Crippen molar-refractivity contribution in [3.05, 3.63) is 193 Å². The summed E-state index contributed by atoms with van der Waals surface area (Å²) in [6, 6.07) is 62.5. The Bertz CT molecular complexity index is 3400. The number of nitrogens with zero attached hydrogens (tertiary/aromatic N) is 2. The van der Waals surface area contributed by atoms with Gasteiger partial charge in [0.25, 0.3) is 0 Å². The molecule has 0 spiro atoms. The van der Waals surface area contributed by atoms with E-state index in [1.807, 2.05) is 6.07 Å². The van der Waals surface area contributed by atoms with E-state index in [0.717, 1.165) is 65.3 Å². The maximum atomic E-state index is 6.65. The number of fused-ring (bicyclic) bond motifs is 10. The van der Waals surface area contributed by atoms with Crippen LogP contribution in [0.25, 0.3) is 85.6 Å². The molecular formula is C51H31N3OS. The van der Waals surface area contributed by atoms with Crippen LogP contribution in [0.2, 0.25) is 0 Å². The fraction of sp³-hybridized carbons (Fsp3) is 0.0196. The molecule has 4 nitrogen and oxygen atoms in total. The minimum Gasteiger partial charge on any atom is -0.455 e. The minimum absolute atomic E-state index is 0.366. The van der Waals surface area contributed by atoms with Crippen LogP contribution >= 0.6 is 11.3 Å². The number of hydrogen-bond acceptors (Lipinski definition) is 5. The molecule has 56 heavy (non-hydrogen) atoms. The van der Waals surface area contributed by atoms with Crippen molar-refractivity contribution in [2.24, 2.45) is 9.98 Å². The summed E-state index contributed by atoms with van der Waals surface area (Å²) in [5.41, 5.74) is 7.36. The normalized spacial score (nSPS) is 14.6. The number of benzene rings is 9. The van der Waals surface area contributed by atoms with Gasteiger partial charge in [0, 0.05) is 37.4 Å². The first-order valence-electron chi connectivity index (χ1n) is 18.9. The Kier molecular flexibility index (Phi) is 6.83. The summed E-state index contributed by atoms with van der Waals surface area (Å²) in [4.78, 5) is 11.1. The molecule has 0 fully saturated rings. The Morgan fingerprint density at radius 2 is 1.11 bits per heavy atom. The van der Waals surface area contributed by atoms with Crippen LogP contribution in [0.4, 0.5) is 0 Å². The highest BCUT2D eigenvalue weighted by molar-refractivity contribution is 7.26. The van der Waals surface area contributed by atoms with Crippen molar-refractivity contribution < 1.29 is 4.42 Å². The van der Waals surface area contributed by atoms with Gasteiger partial charge in [-0.3, -0.25) is 0 Å². The van der Waals surface area contributed by atoms with Gasteiger partial charge in [0.15, 0.2) is 5.84 Å². The third kappa shape index (κ3) is 4.65. The van der Waals surface area contributed by atoms with Crippen molar-refractivity contribution in [2.75, 3.05) is 0 Å². The molecule has 0 saturated heterocycles. The lowest BCUT2D eigenvalue weighted by molar-refractivity contribution is 0.672. The average molecular weight is 734 g/mol. The van der Waals surface area contributed by atoms with Gasteiger partial charge >= 0.3 is 0 Å². The van der Waals surface area contributed by atoms with Crippen LogP contribution in [0.5, 0.6) is 0 Å². The van der Waals surface area contributed by atoms with E-state index in [1.165, 1.54) is 42.8 Å². The van der Waals surface area contributed by atoms with Gasteiger partial charge in [-0.15, -0.1) is 11.3 Å². The molecular weight excluding hydrogens is 703 g/mol. The molecule has 0 saturated carbocycles. The number of thiophene rings is 1. The molecule has 1 aliphatic rings. The fourth-order valence-electron chi connectivity index (χ4n) is 8.85. The van der Waals surface area contributed by atoms with Gasteiger partial charge in [-0.2, -0.15) is 0 Å². The van der Waals surface area contributed by atoms with Gasteiger partial charge in [-0.25, -0.2) is 9.98 Å². The summed E-state index contributed by atoms with van der Waals surface area (Å²) in [5, 5.41) is 15.3. The van der Waals surface area contributed by atoms with Gasteiger partial charge in [0.1, 0.15) is 23.2 Å². The lowest BCUT2D eigenvalue weighted by Gasteiger charge is -2.25. The molecule has 9 aromatic carbocycles. The largest absolute Gasteiger partial charge is 0.455 e. The maximum Gasteiger partial charge on any atom is 0.160 e. The second-order valence-corrected chi connectivity index (χ2v) is 15.5. The fourth-order valence-corrected chi connectivity index (χ4v) is 10.1. The standard InChI is InChI=1S/C51H31N3OS/c1-2-16-31(17-3-1)49-52-50(41-29-40-33-20-10-12-27-42(33)55-47(40)46-39-25-11-13-28-43(39)56-48(41)46)54-51(53-49)45-37-23-8-6-21-35(37)44(36-22-7-9-24-38(36)45)34-26-14-18-30-15-4-5-19-32(30)34/h1-29,49H,(H,52,53,54). The molecule has 1 N–H and O–H groups in total. The zero-order valence-corrected chi connectivity index (χ0v) is 30.8. The first-order chi connectivity index (χ1) is 27.8. The van der Waals surface area contributed by atoms with E-state index in [1.54, 1.807) is 11.3 Å². The van der Waals surface area contributed by atoms with Gasteiger partial charge in [-0.1, -0.05) is 158 Å². The molecule has 1 atom stereocenters. The van der Waals surface area contributed by atoms with Crippen LogP contribution in [-0.2, 0) is 0 Å². The van der Waals surface area contributed by atoms with Gasteiger partial charge in [0.05, 0.1) is 4.70 Å². The maximum absolute atomic E-state index is 6.65. The van der Waals surface area contributed by atoms with Crippen molar-refractivity contribution in [3.63, 3.8) is 0 Å². The number of hydrogen-bond donors (Lipinski definition) is 1. The van der Waals surface area contributed by atoms with E-state index in [9.17, 15) is 0 Å². The van der Waals surface area contributed by atoms with Crippen LogP contribution in [0, 0.1) is 0 Å². The van der Waals surface area contributed by atoms with Gasteiger partial charge in [0.2, 0.25) is 0 Å². The zero-order valence-electron chi connectivity index (χ0n) is 30.0. The third-order valence-electron chi connectivity index (χ3n) is 11.3. The first-order valence-corrected chi connectivity index (χ1v) is 19.8. The molecule has 12 rings (SSSR count). The van der Waals surface area contributed by atoms with E-state index >= 15 is 0 Å². The van der Waals surface area contributed by atoms with Crippen molar-refractivity contribution in [3.8, 4) is 11.1 Å². The highest BCUT2D eigenvalue weighted by atomic mass is 32.1. The number of aliphatic imine (C=N–C) groups is 2.